The molecule has 0 bridgehead atoms. The van der Waals surface area contributed by atoms with Crippen LogP contribution in [0.5, 0.6) is 0 Å². The number of fused-ring (bicyclic) bond motifs is 1. The molecule has 0 saturated heterocycles. The van der Waals surface area contributed by atoms with Gasteiger partial charge in [0.05, 0.1) is 0 Å². The van der Waals surface area contributed by atoms with Crippen LogP contribution in [0.1, 0.15) is 27.7 Å². The number of hydrogen-bond acceptors (Lipinski definition) is 2. The van der Waals surface area contributed by atoms with Crippen LogP contribution < -0.4 is 34.7 Å². The first-order chi connectivity index (χ1) is 6.46. The van der Waals surface area contributed by atoms with Gasteiger partial charge in [-0.25, -0.2) is 0 Å². The van der Waals surface area contributed by atoms with Crippen molar-refractivity contribution >= 4 is 5.78 Å². The summed E-state index contributed by atoms with van der Waals surface area (Å²) in [5.74, 6) is 0.616. The minimum absolute atomic E-state index is 0. The molecule has 15 heavy (non-hydrogen) atoms. The van der Waals surface area contributed by atoms with E-state index in [2.05, 4.69) is 0 Å². The molecule has 0 aromatic rings. The van der Waals surface area contributed by atoms with Gasteiger partial charge in [-0.2, -0.15) is 0 Å². The van der Waals surface area contributed by atoms with Crippen molar-refractivity contribution < 1.29 is 39.5 Å². The third-order valence-electron chi connectivity index (χ3n) is 3.79. The number of ketones is 1. The molecule has 0 aromatic carbocycles. The van der Waals surface area contributed by atoms with Gasteiger partial charge in [0.1, 0.15) is 0 Å². The third-order valence-corrected chi connectivity index (χ3v) is 3.79. The molecule has 3 unspecified atom stereocenters. The Hall–Kier alpha value is -0.0500. The van der Waals surface area contributed by atoms with E-state index in [4.69, 9.17) is 0 Å². The fourth-order valence-corrected chi connectivity index (χ4v) is 2.99. The molecule has 2 aliphatic rings. The topological polar surface area (TPSA) is 40.1 Å². The molecule has 3 heteroatoms. The second-order valence-electron chi connectivity index (χ2n) is 4.50. The summed E-state index contributed by atoms with van der Waals surface area (Å²) in [4.78, 5) is 11.7. The molecule has 2 nitrogen and oxygen atoms in total. The Balaban J connectivity index is 0.00000112. The second-order valence-corrected chi connectivity index (χ2v) is 4.50. The van der Waals surface area contributed by atoms with Gasteiger partial charge in [-0.1, -0.05) is 19.4 Å². The quantitative estimate of drug-likeness (QED) is 0.457. The number of Topliss-reactive ketones (excluding diaryl/α,β-unsaturated/α-hetero) is 1. The zero-order valence-electron chi connectivity index (χ0n) is 10.0. The number of allylic oxidation sites excluding steroid dienone is 4. The fourth-order valence-electron chi connectivity index (χ4n) is 2.99. The minimum Gasteiger partial charge on any atom is -0.875 e. The summed E-state index contributed by atoms with van der Waals surface area (Å²) in [5, 5.41) is 11.7. The number of hydrogen-bond donors (Lipinski definition) is 0. The number of carbonyl (C=O) groups excluding carboxylic acids is 1. The maximum Gasteiger partial charge on any atom is 1.00 e. The van der Waals surface area contributed by atoms with Crippen LogP contribution in [0.25, 0.3) is 0 Å². The van der Waals surface area contributed by atoms with Crippen LogP contribution in [0.2, 0.25) is 0 Å². The Morgan fingerprint density at radius 1 is 1.07 bits per heavy atom. The fraction of sp³-hybridized carbons (Fsp3) is 0.583. The Bertz CT molecular complexity index is 379. The van der Waals surface area contributed by atoms with E-state index >= 15 is 0 Å². The van der Waals surface area contributed by atoms with Gasteiger partial charge in [-0.3, -0.25) is 4.79 Å². The first kappa shape index (κ1) is 13.0. The van der Waals surface area contributed by atoms with Gasteiger partial charge in [0.25, 0.3) is 0 Å². The zero-order valence-corrected chi connectivity index (χ0v) is 12.0. The number of carbonyl (C=O) groups is 1. The van der Waals surface area contributed by atoms with E-state index in [0.29, 0.717) is 0 Å². The van der Waals surface area contributed by atoms with Crippen molar-refractivity contribution in [2.75, 3.05) is 0 Å². The largest absolute Gasteiger partial charge is 1.00 e. The molecule has 2 rings (SSSR count). The summed E-state index contributed by atoms with van der Waals surface area (Å²) in [6.07, 6.45) is 0. The Morgan fingerprint density at radius 3 is 2.07 bits per heavy atom. The zero-order chi connectivity index (χ0) is 10.6. The molecular weight excluding hydrogens is 199 g/mol. The molecule has 0 aromatic heterocycles. The van der Waals surface area contributed by atoms with Crippen LogP contribution in [0.3, 0.4) is 0 Å². The predicted octanol–water partition coefficient (Wildman–Crippen LogP) is -1.57. The molecule has 0 N–H and O–H groups in total. The summed E-state index contributed by atoms with van der Waals surface area (Å²) in [6.45, 7) is 7.57. The average Bonchev–Trinajstić information content (AvgIpc) is 2.51. The number of rotatable bonds is 0. The third kappa shape index (κ3) is 1.54. The molecule has 0 saturated carbocycles. The van der Waals surface area contributed by atoms with Crippen molar-refractivity contribution in [3.05, 3.63) is 22.5 Å². The second kappa shape index (κ2) is 4.08. The van der Waals surface area contributed by atoms with Crippen molar-refractivity contribution in [3.8, 4) is 0 Å². The summed E-state index contributed by atoms with van der Waals surface area (Å²) >= 11 is 0. The van der Waals surface area contributed by atoms with Gasteiger partial charge in [-0.05, 0) is 36.8 Å². The van der Waals surface area contributed by atoms with Gasteiger partial charge in [0, 0.05) is 5.92 Å². The van der Waals surface area contributed by atoms with Crippen LogP contribution in [-0.2, 0) is 4.79 Å². The van der Waals surface area contributed by atoms with Gasteiger partial charge in [-0.15, -0.1) is 5.76 Å². The predicted molar refractivity (Wildman–Crippen MR) is 52.2 cm³/mol. The first-order valence-electron chi connectivity index (χ1n) is 5.10. The first-order valence-corrected chi connectivity index (χ1v) is 5.10. The molecule has 0 heterocycles. The van der Waals surface area contributed by atoms with E-state index in [0.717, 1.165) is 16.7 Å². The summed E-state index contributed by atoms with van der Waals surface area (Å²) in [5.41, 5.74) is 2.68. The molecule has 0 radical (unpaired) electrons. The molecule has 2 aliphatic carbocycles. The van der Waals surface area contributed by atoms with Crippen LogP contribution in [0.15, 0.2) is 22.5 Å². The van der Waals surface area contributed by atoms with E-state index in [9.17, 15) is 9.90 Å². The molecule has 3 atom stereocenters. The molecule has 0 aliphatic heterocycles. The molecule has 76 valence electrons. The van der Waals surface area contributed by atoms with Gasteiger partial charge < -0.3 is 5.11 Å². The van der Waals surface area contributed by atoms with Crippen molar-refractivity contribution in [1.29, 1.82) is 0 Å². The monoisotopic (exact) mass is 214 g/mol. The van der Waals surface area contributed by atoms with Crippen LogP contribution in [0, 0.1) is 17.8 Å². The maximum absolute atomic E-state index is 11.7. The normalized spacial score (nSPS) is 34.7. The standard InChI is InChI=1S/C12H16O2.Na/c1-5-9-6(2)12(14)8(4)10(9)7(3)11(5)13;/h5-6,9,13H,1-4H3;/q;+1/p-1. The van der Waals surface area contributed by atoms with Crippen LogP contribution in [-0.4, -0.2) is 5.78 Å². The van der Waals surface area contributed by atoms with Crippen LogP contribution >= 0.6 is 0 Å². The molecular formula is C12H15NaO2. The Labute approximate surface area is 113 Å². The van der Waals surface area contributed by atoms with Gasteiger partial charge in [0.15, 0.2) is 5.78 Å². The maximum atomic E-state index is 11.7. The smallest absolute Gasteiger partial charge is 0.875 e. The van der Waals surface area contributed by atoms with E-state index in [1.54, 1.807) is 0 Å². The Morgan fingerprint density at radius 2 is 1.60 bits per heavy atom. The molecule has 0 spiro atoms. The minimum atomic E-state index is 0. The summed E-state index contributed by atoms with van der Waals surface area (Å²) in [7, 11) is 0. The average molecular weight is 214 g/mol. The van der Waals surface area contributed by atoms with Gasteiger partial charge in [0.2, 0.25) is 0 Å². The van der Waals surface area contributed by atoms with Crippen molar-refractivity contribution in [2.45, 2.75) is 27.7 Å². The molecule has 0 amide bonds. The van der Waals surface area contributed by atoms with Crippen molar-refractivity contribution in [1.82, 2.24) is 0 Å². The van der Waals surface area contributed by atoms with E-state index in [1.807, 2.05) is 27.7 Å². The van der Waals surface area contributed by atoms with E-state index < -0.39 is 0 Å². The van der Waals surface area contributed by atoms with Gasteiger partial charge >= 0.3 is 29.6 Å². The van der Waals surface area contributed by atoms with E-state index in [1.165, 1.54) is 0 Å². The summed E-state index contributed by atoms with van der Waals surface area (Å²) < 4.78 is 0. The molecule has 0 fully saturated rings. The summed E-state index contributed by atoms with van der Waals surface area (Å²) in [6, 6.07) is 0. The van der Waals surface area contributed by atoms with Crippen molar-refractivity contribution in [3.63, 3.8) is 0 Å². The Kier molecular flexibility index (Phi) is 3.54. The van der Waals surface area contributed by atoms with Crippen LogP contribution in [0.4, 0.5) is 0 Å². The van der Waals surface area contributed by atoms with E-state index in [-0.39, 0.29) is 58.9 Å². The van der Waals surface area contributed by atoms with Crippen molar-refractivity contribution in [2.24, 2.45) is 17.8 Å². The SMILES string of the molecule is CC1=C([O-])C(C)C2C1=C(C)C(=O)C2C.[Na+].